The van der Waals surface area contributed by atoms with Gasteiger partial charge in [0.15, 0.2) is 0 Å². The molecule has 0 radical (unpaired) electrons. The van der Waals surface area contributed by atoms with Crippen LogP contribution in [0.1, 0.15) is 59.8 Å². The zero-order valence-electron chi connectivity index (χ0n) is 10.6. The first-order valence-corrected chi connectivity index (χ1v) is 6.41. The fourth-order valence-electron chi connectivity index (χ4n) is 1.57. The Balaban J connectivity index is 3.23. The van der Waals surface area contributed by atoms with Crippen LogP contribution in [0.3, 0.4) is 0 Å². The van der Waals surface area contributed by atoms with Crippen molar-refractivity contribution >= 4 is 0 Å². The maximum atomic E-state index is 3.47. The Labute approximate surface area is 90.7 Å². The van der Waals surface area contributed by atoms with Crippen molar-refractivity contribution in [3.63, 3.8) is 0 Å². The van der Waals surface area contributed by atoms with Crippen molar-refractivity contribution in [2.75, 3.05) is 13.1 Å². The Bertz CT molecular complexity index is 112. The Morgan fingerprint density at radius 3 is 2.07 bits per heavy atom. The van der Waals surface area contributed by atoms with E-state index in [0.29, 0.717) is 0 Å². The van der Waals surface area contributed by atoms with Crippen LogP contribution in [-0.2, 0) is 0 Å². The average Bonchev–Trinajstić information content (AvgIpc) is 2.21. The van der Waals surface area contributed by atoms with Gasteiger partial charge in [0, 0.05) is 0 Å². The van der Waals surface area contributed by atoms with Gasteiger partial charge in [-0.1, -0.05) is 47.0 Å². The number of hydrogen-bond donors (Lipinski definition) is 1. The van der Waals surface area contributed by atoms with Crippen LogP contribution in [0.25, 0.3) is 0 Å². The zero-order valence-corrected chi connectivity index (χ0v) is 10.6. The van der Waals surface area contributed by atoms with Crippen LogP contribution < -0.4 is 5.32 Å². The molecule has 0 aromatic heterocycles. The van der Waals surface area contributed by atoms with E-state index in [9.17, 15) is 0 Å². The summed E-state index contributed by atoms with van der Waals surface area (Å²) in [5, 5.41) is 3.47. The Morgan fingerprint density at radius 1 is 0.857 bits per heavy atom. The van der Waals surface area contributed by atoms with Gasteiger partial charge in [0.1, 0.15) is 0 Å². The van der Waals surface area contributed by atoms with E-state index >= 15 is 0 Å². The molecule has 0 fully saturated rings. The maximum absolute atomic E-state index is 3.47. The van der Waals surface area contributed by atoms with Gasteiger partial charge in [-0.25, -0.2) is 0 Å². The SMILES string of the molecule is CCCNCCC(C)CCC(C)CC. The molecule has 0 amide bonds. The van der Waals surface area contributed by atoms with E-state index in [1.165, 1.54) is 45.2 Å². The van der Waals surface area contributed by atoms with Crippen LogP contribution in [0.2, 0.25) is 0 Å². The molecule has 0 aromatic carbocycles. The lowest BCUT2D eigenvalue weighted by molar-refractivity contribution is 0.399. The summed E-state index contributed by atoms with van der Waals surface area (Å²) in [6.07, 6.45) is 6.74. The molecule has 0 spiro atoms. The molecular formula is C13H29N. The molecule has 0 saturated carbocycles. The van der Waals surface area contributed by atoms with Gasteiger partial charge >= 0.3 is 0 Å². The molecule has 2 unspecified atom stereocenters. The normalized spacial score (nSPS) is 15.4. The van der Waals surface area contributed by atoms with E-state index in [1.807, 2.05) is 0 Å². The monoisotopic (exact) mass is 199 g/mol. The molecule has 0 rings (SSSR count). The standard InChI is InChI=1S/C13H29N/c1-5-10-14-11-9-13(4)8-7-12(3)6-2/h12-14H,5-11H2,1-4H3. The van der Waals surface area contributed by atoms with Crippen LogP contribution in [0.15, 0.2) is 0 Å². The first-order chi connectivity index (χ1) is 6.70. The van der Waals surface area contributed by atoms with Crippen molar-refractivity contribution in [1.82, 2.24) is 5.32 Å². The van der Waals surface area contributed by atoms with E-state index < -0.39 is 0 Å². The Kier molecular flexibility index (Phi) is 9.49. The second-order valence-corrected chi connectivity index (χ2v) is 4.73. The summed E-state index contributed by atoms with van der Waals surface area (Å²) in [7, 11) is 0. The van der Waals surface area contributed by atoms with Crippen LogP contribution in [0, 0.1) is 11.8 Å². The Morgan fingerprint density at radius 2 is 1.50 bits per heavy atom. The summed E-state index contributed by atoms with van der Waals surface area (Å²) >= 11 is 0. The number of rotatable bonds is 9. The van der Waals surface area contributed by atoms with Crippen LogP contribution in [0.5, 0.6) is 0 Å². The molecule has 2 atom stereocenters. The summed E-state index contributed by atoms with van der Waals surface area (Å²) in [4.78, 5) is 0. The van der Waals surface area contributed by atoms with Crippen molar-refractivity contribution in [2.45, 2.75) is 59.8 Å². The van der Waals surface area contributed by atoms with E-state index in [4.69, 9.17) is 0 Å². The smallest absolute Gasteiger partial charge is 0.00464 e. The molecule has 0 aliphatic rings. The maximum Gasteiger partial charge on any atom is -0.00464 e. The predicted molar refractivity (Wildman–Crippen MR) is 65.6 cm³/mol. The minimum atomic E-state index is 0.897. The molecule has 1 nitrogen and oxygen atoms in total. The summed E-state index contributed by atoms with van der Waals surface area (Å²) < 4.78 is 0. The topological polar surface area (TPSA) is 12.0 Å². The third-order valence-electron chi connectivity index (χ3n) is 3.09. The number of hydrogen-bond acceptors (Lipinski definition) is 1. The highest BCUT2D eigenvalue weighted by Crippen LogP contribution is 2.16. The third-order valence-corrected chi connectivity index (χ3v) is 3.09. The van der Waals surface area contributed by atoms with Crippen LogP contribution in [0.4, 0.5) is 0 Å². The minimum absolute atomic E-state index is 0.897. The lowest BCUT2D eigenvalue weighted by Gasteiger charge is -2.14. The summed E-state index contributed by atoms with van der Waals surface area (Å²) in [5.41, 5.74) is 0. The molecule has 86 valence electrons. The van der Waals surface area contributed by atoms with Gasteiger partial charge in [0.2, 0.25) is 0 Å². The molecule has 0 bridgehead atoms. The highest BCUT2D eigenvalue weighted by Gasteiger charge is 2.04. The second-order valence-electron chi connectivity index (χ2n) is 4.73. The highest BCUT2D eigenvalue weighted by molar-refractivity contribution is 4.59. The quantitative estimate of drug-likeness (QED) is 0.556. The van der Waals surface area contributed by atoms with Gasteiger partial charge in [-0.2, -0.15) is 0 Å². The summed E-state index contributed by atoms with van der Waals surface area (Å²) in [6, 6.07) is 0. The van der Waals surface area contributed by atoms with Gasteiger partial charge in [-0.05, 0) is 37.8 Å². The van der Waals surface area contributed by atoms with Crippen molar-refractivity contribution in [1.29, 1.82) is 0 Å². The first-order valence-electron chi connectivity index (χ1n) is 6.41. The molecule has 0 aliphatic carbocycles. The van der Waals surface area contributed by atoms with Gasteiger partial charge < -0.3 is 5.32 Å². The molecule has 0 aromatic rings. The zero-order chi connectivity index (χ0) is 10.8. The molecule has 0 saturated heterocycles. The van der Waals surface area contributed by atoms with Crippen LogP contribution >= 0.6 is 0 Å². The molecule has 0 heterocycles. The Hall–Kier alpha value is -0.0400. The van der Waals surface area contributed by atoms with Gasteiger partial charge in [-0.3, -0.25) is 0 Å². The van der Waals surface area contributed by atoms with E-state index in [2.05, 4.69) is 33.0 Å². The van der Waals surface area contributed by atoms with E-state index in [0.717, 1.165) is 11.8 Å². The van der Waals surface area contributed by atoms with Gasteiger partial charge in [-0.15, -0.1) is 0 Å². The average molecular weight is 199 g/mol. The highest BCUT2D eigenvalue weighted by atomic mass is 14.8. The van der Waals surface area contributed by atoms with Crippen molar-refractivity contribution in [2.24, 2.45) is 11.8 Å². The molecule has 1 N–H and O–H groups in total. The number of nitrogens with one attached hydrogen (secondary N) is 1. The predicted octanol–water partition coefficient (Wildman–Crippen LogP) is 3.84. The molecule has 14 heavy (non-hydrogen) atoms. The minimum Gasteiger partial charge on any atom is -0.317 e. The van der Waals surface area contributed by atoms with E-state index in [1.54, 1.807) is 0 Å². The second kappa shape index (κ2) is 9.51. The lowest BCUT2D eigenvalue weighted by Crippen LogP contribution is -2.18. The third kappa shape index (κ3) is 8.55. The van der Waals surface area contributed by atoms with Gasteiger partial charge in [0.25, 0.3) is 0 Å². The fourth-order valence-corrected chi connectivity index (χ4v) is 1.57. The first kappa shape index (κ1) is 14.0. The molecule has 0 aliphatic heterocycles. The summed E-state index contributed by atoms with van der Waals surface area (Å²) in [5.74, 6) is 1.81. The molecule has 1 heteroatoms. The fraction of sp³-hybridized carbons (Fsp3) is 1.00. The molecular weight excluding hydrogens is 170 g/mol. The van der Waals surface area contributed by atoms with Crippen molar-refractivity contribution in [3.05, 3.63) is 0 Å². The van der Waals surface area contributed by atoms with Gasteiger partial charge in [0.05, 0.1) is 0 Å². The summed E-state index contributed by atoms with van der Waals surface area (Å²) in [6.45, 7) is 11.6. The lowest BCUT2D eigenvalue weighted by atomic mass is 9.94. The van der Waals surface area contributed by atoms with E-state index in [-0.39, 0.29) is 0 Å². The van der Waals surface area contributed by atoms with Crippen molar-refractivity contribution < 1.29 is 0 Å². The van der Waals surface area contributed by atoms with Crippen molar-refractivity contribution in [3.8, 4) is 0 Å². The van der Waals surface area contributed by atoms with Crippen LogP contribution in [-0.4, -0.2) is 13.1 Å². The largest absolute Gasteiger partial charge is 0.317 e.